The summed E-state index contributed by atoms with van der Waals surface area (Å²) in [5.41, 5.74) is 0.842. The molecular formula is C16H23N2O3+. The molecule has 0 aliphatic carbocycles. The van der Waals surface area contributed by atoms with Crippen LogP contribution in [0.1, 0.15) is 41.5 Å². The fourth-order valence-corrected chi connectivity index (χ4v) is 2.76. The zero-order valence-corrected chi connectivity index (χ0v) is 13.0. The number of fused-ring (bicyclic) bond motifs is 1. The van der Waals surface area contributed by atoms with Gasteiger partial charge in [-0.1, -0.05) is 12.1 Å². The van der Waals surface area contributed by atoms with Gasteiger partial charge in [-0.15, -0.1) is 5.06 Å². The van der Waals surface area contributed by atoms with Gasteiger partial charge in [-0.2, -0.15) is 0 Å². The third-order valence-electron chi connectivity index (χ3n) is 4.56. The van der Waals surface area contributed by atoms with Crippen molar-refractivity contribution in [1.82, 2.24) is 5.06 Å². The minimum atomic E-state index is -0.363. The summed E-state index contributed by atoms with van der Waals surface area (Å²) in [5.74, 6) is -0.726. The molecule has 1 aliphatic heterocycles. The van der Waals surface area contributed by atoms with Crippen molar-refractivity contribution in [3.05, 3.63) is 35.4 Å². The highest BCUT2D eigenvalue weighted by Gasteiger charge is 2.36. The van der Waals surface area contributed by atoms with Gasteiger partial charge in [0.1, 0.15) is 13.2 Å². The molecule has 0 radical (unpaired) electrons. The van der Waals surface area contributed by atoms with E-state index in [2.05, 4.69) is 20.8 Å². The summed E-state index contributed by atoms with van der Waals surface area (Å²) in [7, 11) is 0. The van der Waals surface area contributed by atoms with E-state index >= 15 is 0 Å². The highest BCUT2D eigenvalue weighted by Crippen LogP contribution is 2.22. The average Bonchev–Trinajstić information content (AvgIpc) is 2.77. The first kappa shape index (κ1) is 15.7. The van der Waals surface area contributed by atoms with Gasteiger partial charge in [0.25, 0.3) is 11.8 Å². The fourth-order valence-electron chi connectivity index (χ4n) is 2.76. The van der Waals surface area contributed by atoms with E-state index in [0.29, 0.717) is 17.7 Å². The molecule has 0 bridgehead atoms. The molecule has 0 spiro atoms. The molecule has 114 valence electrons. The van der Waals surface area contributed by atoms with Crippen LogP contribution < -0.4 is 0 Å². The highest BCUT2D eigenvalue weighted by atomic mass is 16.7. The minimum absolute atomic E-state index is 0.362. The number of carbonyl (C=O) groups excluding carboxylic acids is 2. The molecular weight excluding hydrogens is 268 g/mol. The zero-order valence-electron chi connectivity index (χ0n) is 13.0. The molecule has 0 N–H and O–H groups in total. The molecule has 1 aromatic rings. The van der Waals surface area contributed by atoms with E-state index in [1.807, 2.05) is 0 Å². The van der Waals surface area contributed by atoms with Crippen LogP contribution >= 0.6 is 0 Å². The molecule has 5 nitrogen and oxygen atoms in total. The van der Waals surface area contributed by atoms with Gasteiger partial charge in [-0.25, -0.2) is 0 Å². The Labute approximate surface area is 125 Å². The van der Waals surface area contributed by atoms with Gasteiger partial charge in [0.2, 0.25) is 0 Å². The Morgan fingerprint density at radius 1 is 0.952 bits per heavy atom. The summed E-state index contributed by atoms with van der Waals surface area (Å²) in [6.07, 6.45) is 0. The average molecular weight is 291 g/mol. The van der Waals surface area contributed by atoms with Crippen LogP contribution in [0, 0.1) is 0 Å². The molecule has 2 rings (SSSR count). The second-order valence-electron chi connectivity index (χ2n) is 5.30. The highest BCUT2D eigenvalue weighted by molar-refractivity contribution is 6.20. The number of amides is 2. The lowest BCUT2D eigenvalue weighted by molar-refractivity contribution is -0.923. The normalized spacial score (nSPS) is 14.7. The van der Waals surface area contributed by atoms with E-state index in [1.165, 1.54) is 0 Å². The number of hydroxylamine groups is 2. The summed E-state index contributed by atoms with van der Waals surface area (Å²) in [6, 6.07) is 6.81. The maximum absolute atomic E-state index is 12.1. The van der Waals surface area contributed by atoms with E-state index in [9.17, 15) is 9.59 Å². The van der Waals surface area contributed by atoms with Gasteiger partial charge in [-0.05, 0) is 32.9 Å². The van der Waals surface area contributed by atoms with Gasteiger partial charge in [0.15, 0.2) is 0 Å². The number of benzene rings is 1. The second kappa shape index (κ2) is 6.37. The zero-order chi connectivity index (χ0) is 15.5. The van der Waals surface area contributed by atoms with Crippen molar-refractivity contribution in [2.24, 2.45) is 0 Å². The monoisotopic (exact) mass is 291 g/mol. The molecule has 1 heterocycles. The van der Waals surface area contributed by atoms with Gasteiger partial charge < -0.3 is 4.48 Å². The topological polar surface area (TPSA) is 46.6 Å². The second-order valence-corrected chi connectivity index (χ2v) is 5.30. The Balaban J connectivity index is 2.00. The fraction of sp³-hybridized carbons (Fsp3) is 0.500. The molecule has 0 saturated carbocycles. The number of likely N-dealkylation sites (N-methyl/N-ethyl adjacent to an activating group) is 1. The molecule has 21 heavy (non-hydrogen) atoms. The van der Waals surface area contributed by atoms with E-state index in [-0.39, 0.29) is 11.8 Å². The van der Waals surface area contributed by atoms with E-state index in [4.69, 9.17) is 4.84 Å². The molecule has 0 fully saturated rings. The standard InChI is InChI=1S/C16H23N2O3/c1-4-18(5-2,6-3)11-12-21-17-15(19)13-9-7-8-10-14(13)16(17)20/h7-10H,4-6,11-12H2,1-3H3/q+1. The first-order valence-corrected chi connectivity index (χ1v) is 7.54. The number of nitrogens with zero attached hydrogens (tertiary/aromatic N) is 2. The molecule has 0 saturated heterocycles. The lowest BCUT2D eigenvalue weighted by Crippen LogP contribution is -2.50. The van der Waals surface area contributed by atoms with E-state index < -0.39 is 0 Å². The first-order valence-electron chi connectivity index (χ1n) is 7.54. The number of carbonyl (C=O) groups is 2. The number of rotatable bonds is 7. The van der Waals surface area contributed by atoms with Crippen molar-refractivity contribution in [3.63, 3.8) is 0 Å². The van der Waals surface area contributed by atoms with Gasteiger partial charge in [0, 0.05) is 0 Å². The van der Waals surface area contributed by atoms with Gasteiger partial charge in [0.05, 0.1) is 30.8 Å². The summed E-state index contributed by atoms with van der Waals surface area (Å²) in [5, 5.41) is 0.903. The summed E-state index contributed by atoms with van der Waals surface area (Å²) in [4.78, 5) is 29.8. The van der Waals surface area contributed by atoms with Crippen molar-refractivity contribution < 1.29 is 18.9 Å². The van der Waals surface area contributed by atoms with Crippen LogP contribution in [0.3, 0.4) is 0 Å². The summed E-state index contributed by atoms with van der Waals surface area (Å²) < 4.78 is 0.920. The number of hydrogen-bond donors (Lipinski definition) is 0. The maximum atomic E-state index is 12.1. The van der Waals surface area contributed by atoms with E-state index in [1.54, 1.807) is 24.3 Å². The predicted molar refractivity (Wildman–Crippen MR) is 79.6 cm³/mol. The lowest BCUT2D eigenvalue weighted by Gasteiger charge is -2.35. The number of hydrogen-bond acceptors (Lipinski definition) is 3. The quantitative estimate of drug-likeness (QED) is 0.571. The van der Waals surface area contributed by atoms with Gasteiger partial charge >= 0.3 is 0 Å². The first-order chi connectivity index (χ1) is 10.1. The molecule has 1 aromatic carbocycles. The van der Waals surface area contributed by atoms with Crippen molar-refractivity contribution in [3.8, 4) is 0 Å². The summed E-state index contributed by atoms with van der Waals surface area (Å²) >= 11 is 0. The lowest BCUT2D eigenvalue weighted by atomic mass is 10.1. The molecule has 0 atom stereocenters. The van der Waals surface area contributed by atoms with Crippen LogP contribution in [-0.4, -0.2) is 54.1 Å². The van der Waals surface area contributed by atoms with Crippen molar-refractivity contribution >= 4 is 11.8 Å². The third kappa shape index (κ3) is 2.84. The van der Waals surface area contributed by atoms with Crippen LogP contribution in [0.5, 0.6) is 0 Å². The molecule has 1 aliphatic rings. The number of quaternary nitrogens is 1. The van der Waals surface area contributed by atoms with Crippen LogP contribution in [0.15, 0.2) is 24.3 Å². The van der Waals surface area contributed by atoms with Crippen LogP contribution in [0.4, 0.5) is 0 Å². The molecule has 2 amide bonds. The van der Waals surface area contributed by atoms with Crippen LogP contribution in [0.25, 0.3) is 0 Å². The van der Waals surface area contributed by atoms with Crippen LogP contribution in [-0.2, 0) is 4.84 Å². The SMILES string of the molecule is CC[N+](CC)(CC)CCON1C(=O)c2ccccc2C1=O. The maximum Gasteiger partial charge on any atom is 0.285 e. The molecule has 5 heteroatoms. The molecule has 0 aromatic heterocycles. The van der Waals surface area contributed by atoms with Crippen molar-refractivity contribution in [2.45, 2.75) is 20.8 Å². The third-order valence-corrected chi connectivity index (χ3v) is 4.56. The Kier molecular flexibility index (Phi) is 4.75. The smallest absolute Gasteiger partial charge is 0.285 e. The molecule has 0 unspecified atom stereocenters. The Morgan fingerprint density at radius 3 is 1.86 bits per heavy atom. The Bertz CT molecular complexity index is 495. The minimum Gasteiger partial charge on any atom is -0.322 e. The largest absolute Gasteiger partial charge is 0.322 e. The summed E-state index contributed by atoms with van der Waals surface area (Å²) in [6.45, 7) is 10.6. The Morgan fingerprint density at radius 2 is 1.43 bits per heavy atom. The van der Waals surface area contributed by atoms with Crippen LogP contribution in [0.2, 0.25) is 0 Å². The van der Waals surface area contributed by atoms with Crippen molar-refractivity contribution in [1.29, 1.82) is 0 Å². The van der Waals surface area contributed by atoms with E-state index in [0.717, 1.165) is 35.7 Å². The van der Waals surface area contributed by atoms with Gasteiger partial charge in [-0.3, -0.25) is 14.4 Å². The predicted octanol–water partition coefficient (Wildman–Crippen LogP) is 2.09. The van der Waals surface area contributed by atoms with Crippen molar-refractivity contribution in [2.75, 3.05) is 32.8 Å². The Hall–Kier alpha value is -1.72. The number of imide groups is 1.